The van der Waals surface area contributed by atoms with Crippen LogP contribution in [-0.2, 0) is 27.9 Å². The highest BCUT2D eigenvalue weighted by molar-refractivity contribution is 7.89. The van der Waals surface area contributed by atoms with E-state index in [-0.39, 0.29) is 18.0 Å². The predicted molar refractivity (Wildman–Crippen MR) is 86.6 cm³/mol. The van der Waals surface area contributed by atoms with Gasteiger partial charge in [0, 0.05) is 0 Å². The lowest BCUT2D eigenvalue weighted by Crippen LogP contribution is -2.50. The standard InChI is InChI=1S/C15H18N4O5S/c1-9-6-11(4-5-13(9)24-3)25(22,23)19-8-14-17-16-10(2)18(14)7-12(19)15(20)21/h4-6,12H,7-8H2,1-3H3,(H,20,21). The number of benzene rings is 1. The number of hydrogen-bond acceptors (Lipinski definition) is 6. The highest BCUT2D eigenvalue weighted by Gasteiger charge is 2.41. The average molecular weight is 366 g/mol. The summed E-state index contributed by atoms with van der Waals surface area (Å²) in [6.07, 6.45) is 0. The molecule has 1 aromatic carbocycles. The number of carbonyl (C=O) groups is 1. The molecule has 1 unspecified atom stereocenters. The molecule has 0 fully saturated rings. The zero-order valence-corrected chi connectivity index (χ0v) is 14.8. The number of aromatic nitrogens is 3. The molecule has 10 heteroatoms. The molecule has 1 atom stereocenters. The van der Waals surface area contributed by atoms with Crippen molar-refractivity contribution in [3.63, 3.8) is 0 Å². The van der Waals surface area contributed by atoms with Gasteiger partial charge in [-0.3, -0.25) is 4.79 Å². The molecule has 0 bridgehead atoms. The van der Waals surface area contributed by atoms with Gasteiger partial charge in [0.05, 0.1) is 25.1 Å². The van der Waals surface area contributed by atoms with Gasteiger partial charge in [-0.25, -0.2) is 8.42 Å². The van der Waals surface area contributed by atoms with Crippen molar-refractivity contribution in [2.75, 3.05) is 7.11 Å². The lowest BCUT2D eigenvalue weighted by molar-refractivity contribution is -0.142. The Balaban J connectivity index is 2.05. The lowest BCUT2D eigenvalue weighted by Gasteiger charge is -2.32. The van der Waals surface area contributed by atoms with E-state index in [4.69, 9.17) is 4.74 Å². The van der Waals surface area contributed by atoms with Crippen LogP contribution in [0.4, 0.5) is 0 Å². The van der Waals surface area contributed by atoms with Gasteiger partial charge in [-0.1, -0.05) is 0 Å². The number of hydrogen-bond donors (Lipinski definition) is 1. The first kappa shape index (κ1) is 17.4. The quantitative estimate of drug-likeness (QED) is 0.841. The maximum Gasteiger partial charge on any atom is 0.323 e. The second-order valence-electron chi connectivity index (χ2n) is 5.81. The van der Waals surface area contributed by atoms with E-state index in [9.17, 15) is 18.3 Å². The molecule has 1 N–H and O–H groups in total. The predicted octanol–water partition coefficient (Wildman–Crippen LogP) is 0.561. The first-order valence-corrected chi connectivity index (χ1v) is 8.97. The Bertz CT molecular complexity index is 937. The summed E-state index contributed by atoms with van der Waals surface area (Å²) in [5, 5.41) is 17.4. The monoisotopic (exact) mass is 366 g/mol. The van der Waals surface area contributed by atoms with Crippen LogP contribution in [0.2, 0.25) is 0 Å². The molecule has 0 saturated carbocycles. The van der Waals surface area contributed by atoms with Crippen LogP contribution in [0, 0.1) is 13.8 Å². The summed E-state index contributed by atoms with van der Waals surface area (Å²) in [5.74, 6) is 0.317. The molecule has 134 valence electrons. The van der Waals surface area contributed by atoms with Crippen LogP contribution in [0.1, 0.15) is 17.2 Å². The molecule has 0 aliphatic carbocycles. The van der Waals surface area contributed by atoms with Gasteiger partial charge in [-0.2, -0.15) is 4.31 Å². The summed E-state index contributed by atoms with van der Waals surface area (Å²) in [6, 6.07) is 3.20. The van der Waals surface area contributed by atoms with Crippen molar-refractivity contribution >= 4 is 16.0 Å². The Labute approximate surface area is 144 Å². The van der Waals surface area contributed by atoms with Crippen molar-refractivity contribution in [1.82, 2.24) is 19.1 Å². The largest absolute Gasteiger partial charge is 0.496 e. The van der Waals surface area contributed by atoms with E-state index in [1.165, 1.54) is 19.2 Å². The first-order chi connectivity index (χ1) is 11.8. The third kappa shape index (κ3) is 2.87. The highest BCUT2D eigenvalue weighted by atomic mass is 32.2. The number of rotatable bonds is 4. The smallest absolute Gasteiger partial charge is 0.323 e. The second kappa shape index (κ2) is 6.12. The molecule has 1 aromatic heterocycles. The van der Waals surface area contributed by atoms with Crippen LogP contribution in [0.25, 0.3) is 0 Å². The molecule has 0 amide bonds. The number of sulfonamides is 1. The summed E-state index contributed by atoms with van der Waals surface area (Å²) < 4.78 is 33.8. The fourth-order valence-corrected chi connectivity index (χ4v) is 4.51. The van der Waals surface area contributed by atoms with Gasteiger partial charge in [0.15, 0.2) is 0 Å². The summed E-state index contributed by atoms with van der Waals surface area (Å²) in [5.41, 5.74) is 0.645. The van der Waals surface area contributed by atoms with Gasteiger partial charge in [-0.05, 0) is 37.6 Å². The SMILES string of the molecule is COc1ccc(S(=O)(=O)N2Cc3nnc(C)n3CC2C(=O)O)cc1C. The van der Waals surface area contributed by atoms with Crippen molar-refractivity contribution in [3.8, 4) is 5.75 Å². The zero-order chi connectivity index (χ0) is 18.4. The minimum absolute atomic E-state index is 0.0155. The summed E-state index contributed by atoms with van der Waals surface area (Å²) in [6.45, 7) is 3.25. The number of ether oxygens (including phenoxy) is 1. The molecule has 1 aliphatic heterocycles. The number of nitrogens with zero attached hydrogens (tertiary/aromatic N) is 4. The average Bonchev–Trinajstić information content (AvgIpc) is 2.94. The summed E-state index contributed by atoms with van der Waals surface area (Å²) in [4.78, 5) is 11.7. The van der Waals surface area contributed by atoms with E-state index in [1.54, 1.807) is 24.5 Å². The van der Waals surface area contributed by atoms with E-state index < -0.39 is 22.0 Å². The van der Waals surface area contributed by atoms with Crippen molar-refractivity contribution < 1.29 is 23.1 Å². The van der Waals surface area contributed by atoms with Crippen LogP contribution in [0.5, 0.6) is 5.75 Å². The zero-order valence-electron chi connectivity index (χ0n) is 14.0. The van der Waals surface area contributed by atoms with E-state index in [0.29, 0.717) is 23.0 Å². The van der Waals surface area contributed by atoms with Crippen molar-refractivity contribution in [1.29, 1.82) is 0 Å². The molecular formula is C15H18N4O5S. The molecule has 3 rings (SSSR count). The summed E-state index contributed by atoms with van der Waals surface area (Å²) in [7, 11) is -2.52. The van der Waals surface area contributed by atoms with Gasteiger partial charge in [0.25, 0.3) is 0 Å². The maximum absolute atomic E-state index is 13.0. The topological polar surface area (TPSA) is 115 Å². The number of methoxy groups -OCH3 is 1. The van der Waals surface area contributed by atoms with Gasteiger partial charge in [-0.15, -0.1) is 10.2 Å². The molecule has 0 radical (unpaired) electrons. The maximum atomic E-state index is 13.0. The third-order valence-electron chi connectivity index (χ3n) is 4.27. The van der Waals surface area contributed by atoms with E-state index in [1.807, 2.05) is 0 Å². The Morgan fingerprint density at radius 2 is 2.04 bits per heavy atom. The Morgan fingerprint density at radius 1 is 1.32 bits per heavy atom. The lowest BCUT2D eigenvalue weighted by atomic mass is 10.2. The third-order valence-corrected chi connectivity index (χ3v) is 6.12. The molecule has 9 nitrogen and oxygen atoms in total. The van der Waals surface area contributed by atoms with Crippen LogP contribution in [0.3, 0.4) is 0 Å². The Hall–Kier alpha value is -2.46. The fraction of sp³-hybridized carbons (Fsp3) is 0.400. The molecule has 25 heavy (non-hydrogen) atoms. The molecule has 0 saturated heterocycles. The molecule has 2 heterocycles. The number of aliphatic carboxylic acids is 1. The van der Waals surface area contributed by atoms with Gasteiger partial charge in [0.2, 0.25) is 10.0 Å². The van der Waals surface area contributed by atoms with E-state index in [2.05, 4.69) is 10.2 Å². The normalized spacial score (nSPS) is 18.0. The van der Waals surface area contributed by atoms with Gasteiger partial charge < -0.3 is 14.4 Å². The van der Waals surface area contributed by atoms with Crippen LogP contribution < -0.4 is 4.74 Å². The van der Waals surface area contributed by atoms with E-state index >= 15 is 0 Å². The minimum atomic E-state index is -4.02. The van der Waals surface area contributed by atoms with Gasteiger partial charge >= 0.3 is 5.97 Å². The molecular weight excluding hydrogens is 348 g/mol. The Morgan fingerprint density at radius 3 is 2.64 bits per heavy atom. The van der Waals surface area contributed by atoms with Crippen LogP contribution in [-0.4, -0.2) is 51.7 Å². The number of fused-ring (bicyclic) bond motifs is 1. The highest BCUT2D eigenvalue weighted by Crippen LogP contribution is 2.28. The number of carboxylic acids is 1. The van der Waals surface area contributed by atoms with E-state index in [0.717, 1.165) is 4.31 Å². The summed E-state index contributed by atoms with van der Waals surface area (Å²) >= 11 is 0. The molecule has 0 spiro atoms. The fourth-order valence-electron chi connectivity index (χ4n) is 2.89. The van der Waals surface area contributed by atoms with Crippen LogP contribution >= 0.6 is 0 Å². The number of aryl methyl sites for hydroxylation is 2. The molecule has 1 aliphatic rings. The second-order valence-corrected chi connectivity index (χ2v) is 7.70. The van der Waals surface area contributed by atoms with Gasteiger partial charge in [0.1, 0.15) is 23.4 Å². The molecule has 2 aromatic rings. The van der Waals surface area contributed by atoms with Crippen LogP contribution in [0.15, 0.2) is 23.1 Å². The number of carboxylic acid groups (broad SMARTS) is 1. The van der Waals surface area contributed by atoms with Crippen molar-refractivity contribution in [2.45, 2.75) is 37.9 Å². The van der Waals surface area contributed by atoms with Crippen molar-refractivity contribution in [2.24, 2.45) is 0 Å². The van der Waals surface area contributed by atoms with Crippen molar-refractivity contribution in [3.05, 3.63) is 35.4 Å². The Kier molecular flexibility index (Phi) is 4.25. The first-order valence-electron chi connectivity index (χ1n) is 7.53. The minimum Gasteiger partial charge on any atom is -0.496 e.